The van der Waals surface area contributed by atoms with Crippen molar-refractivity contribution in [2.24, 2.45) is 0 Å². The second kappa shape index (κ2) is 10.5. The molecule has 3 aromatic rings. The Labute approximate surface area is 187 Å². The molecule has 164 valence electrons. The lowest BCUT2D eigenvalue weighted by Crippen LogP contribution is -2.34. The van der Waals surface area contributed by atoms with Crippen LogP contribution in [0.4, 0.5) is 5.69 Å². The molecule has 0 bridgehead atoms. The number of carbonyl (C=O) groups is 2. The number of nitrogens with one attached hydrogen (secondary N) is 2. The molecular formula is C26H27N3O3. The summed E-state index contributed by atoms with van der Waals surface area (Å²) in [6, 6.07) is 20.5. The van der Waals surface area contributed by atoms with Crippen molar-refractivity contribution in [3.05, 3.63) is 95.6 Å². The lowest BCUT2D eigenvalue weighted by atomic mass is 10.1. The molecule has 0 atom stereocenters. The quantitative estimate of drug-likeness (QED) is 0.548. The lowest BCUT2D eigenvalue weighted by molar-refractivity contribution is -0.117. The highest BCUT2D eigenvalue weighted by Gasteiger charge is 2.15. The van der Waals surface area contributed by atoms with Gasteiger partial charge >= 0.3 is 0 Å². The summed E-state index contributed by atoms with van der Waals surface area (Å²) < 4.78 is 5.32. The molecule has 2 aromatic carbocycles. The van der Waals surface area contributed by atoms with Crippen LogP contribution in [-0.4, -0.2) is 24.9 Å². The minimum absolute atomic E-state index is 0.124. The second-order valence-corrected chi connectivity index (χ2v) is 7.79. The average Bonchev–Trinajstić information content (AvgIpc) is 3.37. The van der Waals surface area contributed by atoms with Gasteiger partial charge < -0.3 is 20.0 Å². The minimum atomic E-state index is -0.384. The van der Waals surface area contributed by atoms with E-state index in [2.05, 4.69) is 27.7 Å². The molecule has 0 spiro atoms. The van der Waals surface area contributed by atoms with Gasteiger partial charge in [0.05, 0.1) is 6.26 Å². The Morgan fingerprint density at radius 1 is 0.906 bits per heavy atom. The number of nitrogens with zero attached hydrogens (tertiary/aromatic N) is 1. The molecule has 1 aliphatic rings. The van der Waals surface area contributed by atoms with Gasteiger partial charge in [0.25, 0.3) is 11.8 Å². The normalized spacial score (nSPS) is 14.1. The number of furan rings is 1. The zero-order chi connectivity index (χ0) is 22.2. The Hall–Kier alpha value is -3.80. The number of benzene rings is 2. The molecule has 0 radical (unpaired) electrons. The summed E-state index contributed by atoms with van der Waals surface area (Å²) in [7, 11) is 0. The van der Waals surface area contributed by atoms with Crippen LogP contribution in [0.25, 0.3) is 6.08 Å². The zero-order valence-electron chi connectivity index (χ0n) is 17.9. The van der Waals surface area contributed by atoms with Crippen LogP contribution in [0.1, 0.15) is 40.9 Å². The van der Waals surface area contributed by atoms with E-state index >= 15 is 0 Å². The van der Waals surface area contributed by atoms with Crippen LogP contribution >= 0.6 is 0 Å². The van der Waals surface area contributed by atoms with Gasteiger partial charge in [-0.05, 0) is 61.2 Å². The van der Waals surface area contributed by atoms with Crippen LogP contribution in [0.2, 0.25) is 0 Å². The number of rotatable bonds is 7. The highest BCUT2D eigenvalue weighted by molar-refractivity contribution is 6.05. The van der Waals surface area contributed by atoms with Crippen LogP contribution < -0.4 is 15.5 Å². The summed E-state index contributed by atoms with van der Waals surface area (Å²) in [4.78, 5) is 27.9. The van der Waals surface area contributed by atoms with Gasteiger partial charge in [-0.2, -0.15) is 0 Å². The third-order valence-corrected chi connectivity index (χ3v) is 5.47. The Morgan fingerprint density at radius 3 is 2.34 bits per heavy atom. The number of amides is 2. The van der Waals surface area contributed by atoms with Gasteiger partial charge in [-0.15, -0.1) is 0 Å². The van der Waals surface area contributed by atoms with Crippen molar-refractivity contribution < 1.29 is 14.0 Å². The molecule has 2 amide bonds. The fourth-order valence-corrected chi connectivity index (χ4v) is 3.71. The number of hydrogen-bond donors (Lipinski definition) is 2. The molecule has 6 nitrogen and oxygen atoms in total. The van der Waals surface area contributed by atoms with Gasteiger partial charge in [0.2, 0.25) is 0 Å². The van der Waals surface area contributed by atoms with Gasteiger partial charge in [-0.25, -0.2) is 0 Å². The Bertz CT molecular complexity index is 1050. The molecular weight excluding hydrogens is 402 g/mol. The molecule has 1 saturated heterocycles. The van der Waals surface area contributed by atoms with Crippen molar-refractivity contribution in [2.75, 3.05) is 18.0 Å². The van der Waals surface area contributed by atoms with E-state index in [1.54, 1.807) is 36.4 Å². The van der Waals surface area contributed by atoms with E-state index in [0.717, 1.165) is 18.7 Å². The van der Waals surface area contributed by atoms with Crippen molar-refractivity contribution in [1.82, 2.24) is 10.6 Å². The average molecular weight is 430 g/mol. The lowest BCUT2D eigenvalue weighted by Gasteiger charge is -2.28. The van der Waals surface area contributed by atoms with E-state index in [0.29, 0.717) is 17.9 Å². The SMILES string of the molecule is O=C(NCc1ccc(N2CCCCC2)cc1)/C(=C/c1ccco1)NC(=O)c1ccccc1. The largest absolute Gasteiger partial charge is 0.465 e. The summed E-state index contributed by atoms with van der Waals surface area (Å²) >= 11 is 0. The van der Waals surface area contributed by atoms with Crippen molar-refractivity contribution in [3.63, 3.8) is 0 Å². The molecule has 2 heterocycles. The maximum Gasteiger partial charge on any atom is 0.268 e. The van der Waals surface area contributed by atoms with Crippen LogP contribution in [0.3, 0.4) is 0 Å². The van der Waals surface area contributed by atoms with Crippen molar-refractivity contribution in [2.45, 2.75) is 25.8 Å². The molecule has 2 N–H and O–H groups in total. The predicted molar refractivity (Wildman–Crippen MR) is 125 cm³/mol. The van der Waals surface area contributed by atoms with Crippen molar-refractivity contribution in [1.29, 1.82) is 0 Å². The molecule has 0 saturated carbocycles. The molecule has 0 unspecified atom stereocenters. The highest BCUT2D eigenvalue weighted by Crippen LogP contribution is 2.20. The van der Waals surface area contributed by atoms with Crippen LogP contribution in [0, 0.1) is 0 Å². The first kappa shape index (κ1) is 21.4. The molecule has 6 heteroatoms. The standard InChI is InChI=1S/C26H27N3O3/c30-25(21-8-3-1-4-9-21)28-24(18-23-10-7-17-32-23)26(31)27-19-20-11-13-22(14-12-20)29-15-5-2-6-16-29/h1,3-4,7-14,17-18H,2,5-6,15-16,19H2,(H,27,31)(H,28,30)/b24-18-. The third kappa shape index (κ3) is 5.66. The Kier molecular flexibility index (Phi) is 7.02. The Morgan fingerprint density at radius 2 is 1.66 bits per heavy atom. The first-order valence-electron chi connectivity index (χ1n) is 10.9. The summed E-state index contributed by atoms with van der Waals surface area (Å²) in [5.41, 5.74) is 2.80. The summed E-state index contributed by atoms with van der Waals surface area (Å²) in [5.74, 6) is -0.260. The van der Waals surface area contributed by atoms with E-state index in [1.807, 2.05) is 18.2 Å². The van der Waals surface area contributed by atoms with E-state index in [9.17, 15) is 9.59 Å². The zero-order valence-corrected chi connectivity index (χ0v) is 17.9. The Balaban J connectivity index is 1.41. The molecule has 1 aromatic heterocycles. The number of carbonyl (C=O) groups excluding carboxylic acids is 2. The summed E-state index contributed by atoms with van der Waals surface area (Å²) in [6.45, 7) is 2.55. The number of piperidine rings is 1. The molecule has 4 rings (SSSR count). The molecule has 1 aliphatic heterocycles. The van der Waals surface area contributed by atoms with Crippen molar-refractivity contribution in [3.8, 4) is 0 Å². The van der Waals surface area contributed by atoms with E-state index in [1.165, 1.54) is 37.3 Å². The smallest absolute Gasteiger partial charge is 0.268 e. The van der Waals surface area contributed by atoms with Gasteiger partial charge in [0, 0.05) is 37.0 Å². The molecule has 32 heavy (non-hydrogen) atoms. The predicted octanol–water partition coefficient (Wildman–Crippen LogP) is 4.36. The molecule has 0 aliphatic carbocycles. The van der Waals surface area contributed by atoms with Crippen molar-refractivity contribution >= 4 is 23.6 Å². The number of hydrogen-bond acceptors (Lipinski definition) is 4. The van der Waals surface area contributed by atoms with Gasteiger partial charge in [-0.3, -0.25) is 9.59 Å². The number of anilines is 1. The molecule has 1 fully saturated rings. The summed E-state index contributed by atoms with van der Waals surface area (Å²) in [6.07, 6.45) is 6.81. The van der Waals surface area contributed by atoms with Crippen LogP contribution in [0.15, 0.2) is 83.1 Å². The van der Waals surface area contributed by atoms with E-state index in [-0.39, 0.29) is 17.5 Å². The second-order valence-electron chi connectivity index (χ2n) is 7.79. The first-order chi connectivity index (χ1) is 15.7. The highest BCUT2D eigenvalue weighted by atomic mass is 16.3. The minimum Gasteiger partial charge on any atom is -0.465 e. The first-order valence-corrected chi connectivity index (χ1v) is 10.9. The monoisotopic (exact) mass is 429 g/mol. The fourth-order valence-electron chi connectivity index (χ4n) is 3.71. The fraction of sp³-hybridized carbons (Fsp3) is 0.231. The van der Waals surface area contributed by atoms with Gasteiger partial charge in [-0.1, -0.05) is 30.3 Å². The van der Waals surface area contributed by atoms with Crippen LogP contribution in [-0.2, 0) is 11.3 Å². The van der Waals surface area contributed by atoms with Gasteiger partial charge in [0.1, 0.15) is 11.5 Å². The van der Waals surface area contributed by atoms with E-state index in [4.69, 9.17) is 4.42 Å². The third-order valence-electron chi connectivity index (χ3n) is 5.47. The topological polar surface area (TPSA) is 74.6 Å². The maximum atomic E-state index is 12.9. The van der Waals surface area contributed by atoms with E-state index < -0.39 is 0 Å². The van der Waals surface area contributed by atoms with Crippen LogP contribution in [0.5, 0.6) is 0 Å². The van der Waals surface area contributed by atoms with Gasteiger partial charge in [0.15, 0.2) is 0 Å². The summed E-state index contributed by atoms with van der Waals surface area (Å²) in [5, 5.41) is 5.59. The maximum absolute atomic E-state index is 12.9.